The number of ether oxygens (including phenoxy) is 1. The van der Waals surface area contributed by atoms with E-state index < -0.39 is 33.4 Å². The second-order valence-corrected chi connectivity index (χ2v) is 12.3. The van der Waals surface area contributed by atoms with Gasteiger partial charge in [-0.1, -0.05) is 55.5 Å². The Balaban J connectivity index is 2.13. The van der Waals surface area contributed by atoms with Gasteiger partial charge in [0.15, 0.2) is 0 Å². The monoisotopic (exact) mass is 610 g/mol. The Kier molecular flexibility index (Phi) is 11.2. The minimum Gasteiger partial charge on any atom is -0.497 e. The molecule has 0 bridgehead atoms. The van der Waals surface area contributed by atoms with Crippen LogP contribution in [0, 0.1) is 17.0 Å². The molecule has 0 saturated heterocycles. The molecule has 0 aliphatic heterocycles. The second kappa shape index (κ2) is 14.6. The molecule has 0 radical (unpaired) electrons. The fourth-order valence-electron chi connectivity index (χ4n) is 4.54. The summed E-state index contributed by atoms with van der Waals surface area (Å²) in [6.45, 7) is 4.71. The van der Waals surface area contributed by atoms with Gasteiger partial charge in [-0.3, -0.25) is 24.0 Å². The zero-order valence-corrected chi connectivity index (χ0v) is 25.8. The van der Waals surface area contributed by atoms with Crippen molar-refractivity contribution in [2.24, 2.45) is 0 Å². The average molecular weight is 611 g/mol. The highest BCUT2D eigenvalue weighted by Crippen LogP contribution is 2.28. The summed E-state index contributed by atoms with van der Waals surface area (Å²) in [5.74, 6) is -0.482. The molecule has 2 amide bonds. The van der Waals surface area contributed by atoms with Crippen LogP contribution < -0.4 is 14.4 Å². The first kappa shape index (κ1) is 33.1. The van der Waals surface area contributed by atoms with E-state index in [4.69, 9.17) is 4.74 Å². The van der Waals surface area contributed by atoms with E-state index in [9.17, 15) is 28.1 Å². The molecule has 3 rings (SSSR count). The molecule has 0 heterocycles. The third-order valence-electron chi connectivity index (χ3n) is 7.11. The number of amides is 2. The van der Waals surface area contributed by atoms with E-state index in [0.29, 0.717) is 23.3 Å². The molecule has 12 heteroatoms. The van der Waals surface area contributed by atoms with Crippen LogP contribution in [0.5, 0.6) is 5.75 Å². The summed E-state index contributed by atoms with van der Waals surface area (Å²) in [5.41, 5.74) is 1.60. The van der Waals surface area contributed by atoms with Crippen LogP contribution in [0.15, 0.2) is 72.8 Å². The van der Waals surface area contributed by atoms with Gasteiger partial charge >= 0.3 is 0 Å². The standard InChI is InChI=1S/C31H38N4O7S/c1-6-23(3)32-31(37)29(18-24-11-8-7-9-12-24)33(20-25-13-10-14-27(17-25)42-4)30(36)21-34(43(5,40)41)28-19-26(35(38)39)16-15-22(28)2/h7-17,19,23,29H,6,18,20-21H2,1-5H3,(H,32,37)/t23-,29+/m1/s1. The predicted octanol–water partition coefficient (Wildman–Crippen LogP) is 4.23. The molecule has 11 nitrogen and oxygen atoms in total. The van der Waals surface area contributed by atoms with Crippen molar-refractivity contribution >= 4 is 33.2 Å². The van der Waals surface area contributed by atoms with Gasteiger partial charge in [-0.15, -0.1) is 0 Å². The average Bonchev–Trinajstić information content (AvgIpc) is 2.97. The lowest BCUT2D eigenvalue weighted by molar-refractivity contribution is -0.384. The molecule has 3 aromatic carbocycles. The summed E-state index contributed by atoms with van der Waals surface area (Å²) in [6, 6.07) is 18.9. The maximum atomic E-state index is 14.2. The number of nitrogens with zero attached hydrogens (tertiary/aromatic N) is 3. The Labute approximate surface area is 252 Å². The van der Waals surface area contributed by atoms with E-state index in [1.165, 1.54) is 24.1 Å². The fourth-order valence-corrected chi connectivity index (χ4v) is 5.44. The van der Waals surface area contributed by atoms with Crippen molar-refractivity contribution in [3.05, 3.63) is 99.6 Å². The minimum atomic E-state index is -4.08. The number of rotatable bonds is 14. The van der Waals surface area contributed by atoms with Crippen molar-refractivity contribution < 1.29 is 27.7 Å². The van der Waals surface area contributed by atoms with Crippen LogP contribution in [0.2, 0.25) is 0 Å². The summed E-state index contributed by atoms with van der Waals surface area (Å²) in [7, 11) is -2.56. The molecule has 0 aliphatic carbocycles. The molecule has 0 aliphatic rings. The first-order valence-corrected chi connectivity index (χ1v) is 15.7. The molecule has 0 unspecified atom stereocenters. The largest absolute Gasteiger partial charge is 0.497 e. The first-order chi connectivity index (χ1) is 20.3. The van der Waals surface area contributed by atoms with Crippen LogP contribution in [0.25, 0.3) is 0 Å². The van der Waals surface area contributed by atoms with Gasteiger partial charge in [0.05, 0.1) is 24.0 Å². The van der Waals surface area contributed by atoms with Crippen molar-refractivity contribution in [3.8, 4) is 5.75 Å². The van der Waals surface area contributed by atoms with Crippen molar-refractivity contribution in [1.29, 1.82) is 0 Å². The van der Waals surface area contributed by atoms with E-state index in [0.717, 1.165) is 22.2 Å². The van der Waals surface area contributed by atoms with E-state index in [-0.39, 0.29) is 36.3 Å². The predicted molar refractivity (Wildman–Crippen MR) is 165 cm³/mol. The Morgan fingerprint density at radius 2 is 1.70 bits per heavy atom. The van der Waals surface area contributed by atoms with Crippen molar-refractivity contribution in [2.45, 2.75) is 52.2 Å². The highest BCUT2D eigenvalue weighted by Gasteiger charge is 2.34. The highest BCUT2D eigenvalue weighted by atomic mass is 32.2. The van der Waals surface area contributed by atoms with Crippen molar-refractivity contribution in [2.75, 3.05) is 24.2 Å². The summed E-state index contributed by atoms with van der Waals surface area (Å²) >= 11 is 0. The summed E-state index contributed by atoms with van der Waals surface area (Å²) in [4.78, 5) is 40.2. The van der Waals surface area contributed by atoms with Gasteiger partial charge in [0.1, 0.15) is 18.3 Å². The Morgan fingerprint density at radius 3 is 2.30 bits per heavy atom. The Hall–Kier alpha value is -4.45. The van der Waals surface area contributed by atoms with Crippen LogP contribution in [-0.4, -0.2) is 62.0 Å². The molecular formula is C31H38N4O7S. The third kappa shape index (κ3) is 9.02. The topological polar surface area (TPSA) is 139 Å². The normalized spacial score (nSPS) is 12.6. The van der Waals surface area contributed by atoms with Gasteiger partial charge in [0.2, 0.25) is 21.8 Å². The van der Waals surface area contributed by atoms with Gasteiger partial charge in [0, 0.05) is 31.1 Å². The first-order valence-electron chi connectivity index (χ1n) is 13.8. The Bertz CT molecular complexity index is 1550. The minimum absolute atomic E-state index is 0.00930. The number of carbonyl (C=O) groups is 2. The number of aryl methyl sites for hydroxylation is 1. The summed E-state index contributed by atoms with van der Waals surface area (Å²) in [5, 5.41) is 14.5. The number of sulfonamides is 1. The van der Waals surface area contributed by atoms with Crippen LogP contribution in [-0.2, 0) is 32.6 Å². The molecule has 0 fully saturated rings. The molecule has 3 aromatic rings. The number of benzene rings is 3. The van der Waals surface area contributed by atoms with Gasteiger partial charge in [-0.05, 0) is 49.1 Å². The van der Waals surface area contributed by atoms with Crippen molar-refractivity contribution in [1.82, 2.24) is 10.2 Å². The zero-order chi connectivity index (χ0) is 31.7. The molecule has 0 saturated carbocycles. The quantitative estimate of drug-likeness (QED) is 0.213. The highest BCUT2D eigenvalue weighted by molar-refractivity contribution is 7.92. The molecule has 0 aromatic heterocycles. The molecule has 2 atom stereocenters. The summed E-state index contributed by atoms with van der Waals surface area (Å²) < 4.78 is 32.3. The molecular weight excluding hydrogens is 572 g/mol. The molecule has 0 spiro atoms. The van der Waals surface area contributed by atoms with Crippen LogP contribution >= 0.6 is 0 Å². The van der Waals surface area contributed by atoms with E-state index in [1.807, 2.05) is 44.2 Å². The number of nitrogens with one attached hydrogen (secondary N) is 1. The third-order valence-corrected chi connectivity index (χ3v) is 8.24. The fraction of sp³-hybridized carbons (Fsp3) is 0.355. The number of nitro benzene ring substituents is 1. The number of anilines is 1. The van der Waals surface area contributed by atoms with Crippen LogP contribution in [0.1, 0.15) is 37.0 Å². The molecule has 230 valence electrons. The van der Waals surface area contributed by atoms with E-state index >= 15 is 0 Å². The number of hydrogen-bond acceptors (Lipinski definition) is 7. The lowest BCUT2D eigenvalue weighted by atomic mass is 10.0. The van der Waals surface area contributed by atoms with E-state index in [1.54, 1.807) is 31.2 Å². The summed E-state index contributed by atoms with van der Waals surface area (Å²) in [6.07, 6.45) is 1.77. The number of carbonyl (C=O) groups excluding carboxylic acids is 2. The number of nitro groups is 1. The maximum Gasteiger partial charge on any atom is 0.271 e. The number of methoxy groups -OCH3 is 1. The van der Waals surface area contributed by atoms with Gasteiger partial charge < -0.3 is 15.0 Å². The zero-order valence-electron chi connectivity index (χ0n) is 25.0. The van der Waals surface area contributed by atoms with Gasteiger partial charge in [-0.2, -0.15) is 0 Å². The SMILES string of the molecule is CC[C@@H](C)NC(=O)[C@H](Cc1ccccc1)N(Cc1cccc(OC)c1)C(=O)CN(c1cc([N+](=O)[O-])ccc1C)S(C)(=O)=O. The van der Waals surface area contributed by atoms with Gasteiger partial charge in [0.25, 0.3) is 5.69 Å². The van der Waals surface area contributed by atoms with E-state index in [2.05, 4.69) is 5.32 Å². The second-order valence-electron chi connectivity index (χ2n) is 10.4. The van der Waals surface area contributed by atoms with Gasteiger partial charge in [-0.25, -0.2) is 8.42 Å². The number of hydrogen-bond donors (Lipinski definition) is 1. The lowest BCUT2D eigenvalue weighted by Gasteiger charge is -2.34. The van der Waals surface area contributed by atoms with Crippen molar-refractivity contribution in [3.63, 3.8) is 0 Å². The maximum absolute atomic E-state index is 14.2. The lowest BCUT2D eigenvalue weighted by Crippen LogP contribution is -2.54. The number of non-ortho nitro benzene ring substituents is 1. The smallest absolute Gasteiger partial charge is 0.271 e. The van der Waals surface area contributed by atoms with Crippen LogP contribution in [0.4, 0.5) is 11.4 Å². The molecule has 43 heavy (non-hydrogen) atoms. The molecule has 1 N–H and O–H groups in total. The Morgan fingerprint density at radius 1 is 1.02 bits per heavy atom. The van der Waals surface area contributed by atoms with Crippen LogP contribution in [0.3, 0.4) is 0 Å².